The minimum atomic E-state index is -0.418. The SMILES string of the molecule is CC(C)C(=O)NCC1CN(C(=O)c2nc(N[C@@H](C)c3cncc(F)c3)nc3ccsc23)C1. The normalized spacial score (nSPS) is 15.0. The molecule has 10 heteroatoms. The van der Waals surface area contributed by atoms with Gasteiger partial charge in [0.15, 0.2) is 5.69 Å². The first-order chi connectivity index (χ1) is 15.3. The van der Waals surface area contributed by atoms with E-state index >= 15 is 0 Å². The van der Waals surface area contributed by atoms with Crippen molar-refractivity contribution in [1.82, 2.24) is 25.2 Å². The van der Waals surface area contributed by atoms with Gasteiger partial charge in [-0.1, -0.05) is 13.8 Å². The number of rotatable bonds is 7. The molecular formula is C22H25FN6O2S. The van der Waals surface area contributed by atoms with Crippen LogP contribution in [0.3, 0.4) is 0 Å². The average molecular weight is 457 g/mol. The van der Waals surface area contributed by atoms with Crippen molar-refractivity contribution in [3.05, 3.63) is 47.0 Å². The topological polar surface area (TPSA) is 100 Å². The second kappa shape index (κ2) is 9.15. The van der Waals surface area contributed by atoms with Crippen LogP contribution in [-0.2, 0) is 4.79 Å². The van der Waals surface area contributed by atoms with Gasteiger partial charge in [0.1, 0.15) is 5.82 Å². The number of likely N-dealkylation sites (tertiary alicyclic amines) is 1. The molecule has 0 radical (unpaired) electrons. The number of nitrogens with one attached hydrogen (secondary N) is 2. The summed E-state index contributed by atoms with van der Waals surface area (Å²) in [4.78, 5) is 39.5. The predicted molar refractivity (Wildman–Crippen MR) is 121 cm³/mol. The van der Waals surface area contributed by atoms with E-state index in [4.69, 9.17) is 0 Å². The van der Waals surface area contributed by atoms with E-state index in [1.165, 1.54) is 17.4 Å². The highest BCUT2D eigenvalue weighted by Crippen LogP contribution is 2.28. The summed E-state index contributed by atoms with van der Waals surface area (Å²) in [7, 11) is 0. The Morgan fingerprint density at radius 1 is 1.25 bits per heavy atom. The standard InChI is InChI=1S/C22H25FN6O2S/c1-12(2)20(30)25-7-14-10-29(11-14)21(31)18-19-17(4-5-32-19)27-22(28-18)26-13(3)15-6-16(23)9-24-8-15/h4-6,8-9,12-14H,7,10-11H2,1-3H3,(H,25,30)(H,26,27,28)/t13-/m0/s1. The van der Waals surface area contributed by atoms with Gasteiger partial charge >= 0.3 is 0 Å². The lowest BCUT2D eigenvalue weighted by Crippen LogP contribution is -2.54. The Morgan fingerprint density at radius 3 is 2.75 bits per heavy atom. The Balaban J connectivity index is 1.46. The number of nitrogens with zero attached hydrogens (tertiary/aromatic N) is 4. The summed E-state index contributed by atoms with van der Waals surface area (Å²) in [5.74, 6) is -0.0770. The van der Waals surface area contributed by atoms with Crippen LogP contribution in [0.1, 0.15) is 42.9 Å². The van der Waals surface area contributed by atoms with E-state index in [0.717, 1.165) is 10.9 Å². The highest BCUT2D eigenvalue weighted by Gasteiger charge is 2.33. The number of carbonyl (C=O) groups is 2. The Morgan fingerprint density at radius 2 is 2.03 bits per heavy atom. The summed E-state index contributed by atoms with van der Waals surface area (Å²) < 4.78 is 14.2. The molecule has 2 N–H and O–H groups in total. The summed E-state index contributed by atoms with van der Waals surface area (Å²) >= 11 is 1.42. The van der Waals surface area contributed by atoms with Crippen LogP contribution in [0.5, 0.6) is 0 Å². The van der Waals surface area contributed by atoms with Crippen LogP contribution in [0.15, 0.2) is 29.9 Å². The molecule has 3 aromatic heterocycles. The zero-order valence-corrected chi connectivity index (χ0v) is 18.9. The van der Waals surface area contributed by atoms with Crippen LogP contribution in [0.4, 0.5) is 10.3 Å². The minimum absolute atomic E-state index is 0.0178. The Hall–Kier alpha value is -3.14. The fourth-order valence-corrected chi connectivity index (χ4v) is 4.29. The van der Waals surface area contributed by atoms with Crippen molar-refractivity contribution in [3.8, 4) is 0 Å². The molecule has 4 heterocycles. The van der Waals surface area contributed by atoms with Gasteiger partial charge in [-0.05, 0) is 30.0 Å². The third-order valence-corrected chi connectivity index (χ3v) is 6.32. The van der Waals surface area contributed by atoms with Crippen molar-refractivity contribution in [1.29, 1.82) is 0 Å². The lowest BCUT2D eigenvalue weighted by Gasteiger charge is -2.39. The van der Waals surface area contributed by atoms with E-state index in [9.17, 15) is 14.0 Å². The maximum absolute atomic E-state index is 13.5. The highest BCUT2D eigenvalue weighted by molar-refractivity contribution is 7.17. The number of pyridine rings is 1. The van der Waals surface area contributed by atoms with Gasteiger partial charge in [-0.3, -0.25) is 14.6 Å². The molecule has 0 aromatic carbocycles. The molecule has 3 aromatic rings. The van der Waals surface area contributed by atoms with Crippen LogP contribution >= 0.6 is 11.3 Å². The smallest absolute Gasteiger partial charge is 0.274 e. The third-order valence-electron chi connectivity index (χ3n) is 5.41. The fraction of sp³-hybridized carbons (Fsp3) is 0.409. The van der Waals surface area contributed by atoms with Gasteiger partial charge in [-0.15, -0.1) is 11.3 Å². The molecule has 0 unspecified atom stereocenters. The van der Waals surface area contributed by atoms with Crippen LogP contribution < -0.4 is 10.6 Å². The maximum atomic E-state index is 13.5. The third kappa shape index (κ3) is 4.69. The van der Waals surface area contributed by atoms with Crippen LogP contribution in [0, 0.1) is 17.7 Å². The van der Waals surface area contributed by atoms with Crippen molar-refractivity contribution in [3.63, 3.8) is 0 Å². The lowest BCUT2D eigenvalue weighted by molar-refractivity contribution is -0.124. The predicted octanol–water partition coefficient (Wildman–Crippen LogP) is 3.24. The van der Waals surface area contributed by atoms with Crippen molar-refractivity contribution in [2.24, 2.45) is 11.8 Å². The number of hydrogen-bond donors (Lipinski definition) is 2. The van der Waals surface area contributed by atoms with E-state index in [-0.39, 0.29) is 29.7 Å². The van der Waals surface area contributed by atoms with Gasteiger partial charge in [0, 0.05) is 37.7 Å². The highest BCUT2D eigenvalue weighted by atomic mass is 32.1. The lowest BCUT2D eigenvalue weighted by atomic mass is 9.99. The summed E-state index contributed by atoms with van der Waals surface area (Å²) in [6, 6.07) is 2.95. The number of hydrogen-bond acceptors (Lipinski definition) is 7. The largest absolute Gasteiger partial charge is 0.355 e. The first kappa shape index (κ1) is 22.1. The van der Waals surface area contributed by atoms with Gasteiger partial charge < -0.3 is 15.5 Å². The van der Waals surface area contributed by atoms with Gasteiger partial charge in [-0.25, -0.2) is 14.4 Å². The Bertz CT molecular complexity index is 1140. The van der Waals surface area contributed by atoms with Crippen molar-refractivity contribution in [2.75, 3.05) is 25.0 Å². The molecule has 1 aliphatic rings. The molecule has 168 valence electrons. The molecule has 1 fully saturated rings. The number of anilines is 1. The number of thiophene rings is 1. The van der Waals surface area contributed by atoms with Gasteiger partial charge in [0.25, 0.3) is 5.91 Å². The van der Waals surface area contributed by atoms with E-state index in [2.05, 4.69) is 25.6 Å². The molecule has 32 heavy (non-hydrogen) atoms. The number of halogens is 1. The van der Waals surface area contributed by atoms with Crippen LogP contribution in [0.2, 0.25) is 0 Å². The minimum Gasteiger partial charge on any atom is -0.355 e. The quantitative estimate of drug-likeness (QED) is 0.566. The Kier molecular flexibility index (Phi) is 6.31. The molecule has 2 amide bonds. The molecule has 0 saturated carbocycles. The van der Waals surface area contributed by atoms with E-state index in [1.807, 2.05) is 32.2 Å². The first-order valence-electron chi connectivity index (χ1n) is 10.5. The molecule has 1 saturated heterocycles. The Labute approximate surface area is 189 Å². The molecule has 8 nitrogen and oxygen atoms in total. The number of amides is 2. The summed E-state index contributed by atoms with van der Waals surface area (Å²) in [6.07, 6.45) is 2.73. The molecule has 1 atom stereocenters. The summed E-state index contributed by atoms with van der Waals surface area (Å²) in [5, 5.41) is 7.94. The van der Waals surface area contributed by atoms with Gasteiger partial charge in [0.05, 0.1) is 22.5 Å². The zero-order valence-electron chi connectivity index (χ0n) is 18.1. The van der Waals surface area contributed by atoms with E-state index in [0.29, 0.717) is 42.4 Å². The molecule has 1 aliphatic heterocycles. The van der Waals surface area contributed by atoms with Gasteiger partial charge in [-0.2, -0.15) is 0 Å². The molecule has 4 rings (SSSR count). The number of fused-ring (bicyclic) bond motifs is 1. The van der Waals surface area contributed by atoms with E-state index in [1.54, 1.807) is 11.1 Å². The number of aromatic nitrogens is 3. The maximum Gasteiger partial charge on any atom is 0.274 e. The van der Waals surface area contributed by atoms with Crippen molar-refractivity contribution < 1.29 is 14.0 Å². The molecule has 0 spiro atoms. The second-order valence-corrected chi connectivity index (χ2v) is 9.23. The second-order valence-electron chi connectivity index (χ2n) is 8.31. The monoisotopic (exact) mass is 456 g/mol. The molecule has 0 bridgehead atoms. The zero-order chi connectivity index (χ0) is 22.8. The molecule has 0 aliphatic carbocycles. The van der Waals surface area contributed by atoms with Crippen molar-refractivity contribution in [2.45, 2.75) is 26.8 Å². The van der Waals surface area contributed by atoms with E-state index < -0.39 is 5.82 Å². The van der Waals surface area contributed by atoms with Crippen molar-refractivity contribution >= 4 is 39.3 Å². The molecular weight excluding hydrogens is 431 g/mol. The number of carbonyl (C=O) groups excluding carboxylic acids is 2. The van der Waals surface area contributed by atoms with Crippen LogP contribution in [-0.4, -0.2) is 51.3 Å². The average Bonchev–Trinajstić information content (AvgIpc) is 3.20. The summed E-state index contributed by atoms with van der Waals surface area (Å²) in [5.41, 5.74) is 1.68. The summed E-state index contributed by atoms with van der Waals surface area (Å²) in [6.45, 7) is 7.26. The fourth-order valence-electron chi connectivity index (χ4n) is 3.48. The first-order valence-corrected chi connectivity index (χ1v) is 11.4. The van der Waals surface area contributed by atoms with Gasteiger partial charge in [0.2, 0.25) is 11.9 Å². The van der Waals surface area contributed by atoms with Crippen LogP contribution in [0.25, 0.3) is 10.2 Å².